The van der Waals surface area contributed by atoms with Gasteiger partial charge in [-0.25, -0.2) is 9.37 Å². The average Bonchev–Trinajstić information content (AvgIpc) is 2.84. The maximum Gasteiger partial charge on any atom is 0.260 e. The Bertz CT molecular complexity index is 1070. The van der Waals surface area contributed by atoms with Crippen molar-refractivity contribution in [2.75, 3.05) is 10.2 Å². The molecule has 0 atom stereocenters. The second kappa shape index (κ2) is 10.3. The lowest BCUT2D eigenvalue weighted by molar-refractivity contribution is 0.0984. The predicted molar refractivity (Wildman–Crippen MR) is 134 cm³/mol. The van der Waals surface area contributed by atoms with Crippen LogP contribution in [0.4, 0.5) is 15.9 Å². The summed E-state index contributed by atoms with van der Waals surface area (Å²) in [6.45, 7) is 7.32. The third-order valence-electron chi connectivity index (χ3n) is 6.76. The van der Waals surface area contributed by atoms with E-state index in [0.29, 0.717) is 29.3 Å². The van der Waals surface area contributed by atoms with Gasteiger partial charge in [0.25, 0.3) is 5.91 Å². The van der Waals surface area contributed by atoms with Crippen molar-refractivity contribution in [2.24, 2.45) is 11.3 Å². The molecular weight excluding hydrogens is 427 g/mol. The number of hydrogen-bond donors (Lipinski definition) is 1. The fourth-order valence-corrected chi connectivity index (χ4v) is 4.65. The maximum absolute atomic E-state index is 13.5. The summed E-state index contributed by atoms with van der Waals surface area (Å²) in [5.41, 5.74) is 2.36. The summed E-state index contributed by atoms with van der Waals surface area (Å²) >= 11 is 0. The monoisotopic (exact) mass is 460 g/mol. The zero-order chi connectivity index (χ0) is 24.1. The van der Waals surface area contributed by atoms with Gasteiger partial charge >= 0.3 is 0 Å². The molecule has 0 unspecified atom stereocenters. The number of amides is 1. The number of aromatic nitrogens is 2. The van der Waals surface area contributed by atoms with Crippen LogP contribution in [0.2, 0.25) is 0 Å². The summed E-state index contributed by atoms with van der Waals surface area (Å²) in [6.07, 6.45) is 9.76. The third-order valence-corrected chi connectivity index (χ3v) is 6.76. The predicted octanol–water partition coefficient (Wildman–Crippen LogP) is 6.48. The molecule has 1 aliphatic rings. The Hall–Kier alpha value is -3.28. The van der Waals surface area contributed by atoms with Crippen molar-refractivity contribution in [1.29, 1.82) is 0 Å². The molecule has 4 rings (SSSR count). The van der Waals surface area contributed by atoms with Gasteiger partial charge in [-0.1, -0.05) is 26.8 Å². The number of carbonyl (C=O) groups is 1. The van der Waals surface area contributed by atoms with Crippen molar-refractivity contribution in [1.82, 2.24) is 9.97 Å². The number of carbonyl (C=O) groups excluding carboxylic acids is 1. The summed E-state index contributed by atoms with van der Waals surface area (Å²) in [6, 6.07) is 13.8. The van der Waals surface area contributed by atoms with E-state index in [-0.39, 0.29) is 11.7 Å². The minimum Gasteiger partial charge on any atom is -0.367 e. The Morgan fingerprint density at radius 2 is 1.76 bits per heavy atom. The van der Waals surface area contributed by atoms with E-state index >= 15 is 0 Å². The quantitative estimate of drug-likeness (QED) is 0.457. The first-order chi connectivity index (χ1) is 16.3. The van der Waals surface area contributed by atoms with Gasteiger partial charge in [0.15, 0.2) is 0 Å². The molecule has 0 aliphatic heterocycles. The lowest BCUT2D eigenvalue weighted by atomic mass is 9.71. The number of nitrogens with one attached hydrogen (secondary N) is 1. The van der Waals surface area contributed by atoms with E-state index in [0.717, 1.165) is 30.1 Å². The molecular formula is C28H33FN4O. The van der Waals surface area contributed by atoms with E-state index in [2.05, 4.69) is 36.1 Å². The van der Waals surface area contributed by atoms with E-state index in [9.17, 15) is 9.18 Å². The van der Waals surface area contributed by atoms with Crippen molar-refractivity contribution in [3.05, 3.63) is 84.1 Å². The molecule has 0 radical (unpaired) electrons. The van der Waals surface area contributed by atoms with Crippen molar-refractivity contribution in [3.8, 4) is 0 Å². The van der Waals surface area contributed by atoms with Gasteiger partial charge in [-0.05, 0) is 85.0 Å². The molecule has 0 bridgehead atoms. The summed E-state index contributed by atoms with van der Waals surface area (Å²) in [5, 5.41) is 3.58. The zero-order valence-electron chi connectivity index (χ0n) is 20.2. The molecule has 178 valence electrons. The smallest absolute Gasteiger partial charge is 0.260 e. The van der Waals surface area contributed by atoms with Gasteiger partial charge in [0, 0.05) is 30.3 Å². The van der Waals surface area contributed by atoms with Crippen LogP contribution in [0, 0.1) is 17.2 Å². The third kappa shape index (κ3) is 5.99. The number of anilines is 2. The Morgan fingerprint density at radius 3 is 2.35 bits per heavy atom. The van der Waals surface area contributed by atoms with Crippen molar-refractivity contribution < 1.29 is 9.18 Å². The second-order valence-corrected chi connectivity index (χ2v) is 10.2. The SMILES string of the molecule is CC(C)(C)C1CCC(Nc2ccc(CN(C(=O)c3cccnc3)c3ccc(F)cc3)cn2)CC1. The Kier molecular flexibility index (Phi) is 7.25. The van der Waals surface area contributed by atoms with Crippen LogP contribution in [0.3, 0.4) is 0 Å². The molecule has 1 fully saturated rings. The van der Waals surface area contributed by atoms with Gasteiger partial charge in [0.05, 0.1) is 12.1 Å². The van der Waals surface area contributed by atoms with E-state index in [4.69, 9.17) is 0 Å². The van der Waals surface area contributed by atoms with Gasteiger partial charge < -0.3 is 10.2 Å². The van der Waals surface area contributed by atoms with Crippen LogP contribution in [-0.2, 0) is 6.54 Å². The lowest BCUT2D eigenvalue weighted by Crippen LogP contribution is -2.32. The average molecular weight is 461 g/mol. The summed E-state index contributed by atoms with van der Waals surface area (Å²) in [7, 11) is 0. The highest BCUT2D eigenvalue weighted by atomic mass is 19.1. The minimum absolute atomic E-state index is 0.197. The van der Waals surface area contributed by atoms with E-state index in [1.165, 1.54) is 25.0 Å². The minimum atomic E-state index is -0.342. The highest BCUT2D eigenvalue weighted by molar-refractivity contribution is 6.05. The first-order valence-electron chi connectivity index (χ1n) is 12.0. The van der Waals surface area contributed by atoms with Crippen LogP contribution in [0.1, 0.15) is 62.4 Å². The highest BCUT2D eigenvalue weighted by Gasteiger charge is 2.29. The number of nitrogens with zero attached hydrogens (tertiary/aromatic N) is 3. The Labute approximate surface area is 201 Å². The van der Waals surface area contributed by atoms with Crippen LogP contribution in [-0.4, -0.2) is 21.9 Å². The Balaban J connectivity index is 1.44. The van der Waals surface area contributed by atoms with E-state index < -0.39 is 0 Å². The van der Waals surface area contributed by atoms with Gasteiger partial charge in [-0.2, -0.15) is 0 Å². The standard InChI is InChI=1S/C28H33FN4O/c1-28(2,3)22-7-11-24(12-8-22)32-26-15-6-20(17-31-26)19-33(25-13-9-23(29)10-14-25)27(34)21-5-4-16-30-18-21/h4-6,9-10,13-18,22,24H,7-8,11-12,19H2,1-3H3,(H,31,32). The molecule has 3 aromatic rings. The maximum atomic E-state index is 13.5. The van der Waals surface area contributed by atoms with Crippen molar-refractivity contribution in [3.63, 3.8) is 0 Å². The normalized spacial score (nSPS) is 18.4. The topological polar surface area (TPSA) is 58.1 Å². The first kappa shape index (κ1) is 23.9. The molecule has 1 amide bonds. The number of halogens is 1. The van der Waals surface area contributed by atoms with Crippen molar-refractivity contribution >= 4 is 17.4 Å². The van der Waals surface area contributed by atoms with Gasteiger partial charge in [0.2, 0.25) is 0 Å². The van der Waals surface area contributed by atoms with E-state index in [1.807, 2.05) is 12.1 Å². The number of pyridine rings is 2. The van der Waals surface area contributed by atoms with Crippen molar-refractivity contribution in [2.45, 2.75) is 59.0 Å². The van der Waals surface area contributed by atoms with Gasteiger partial charge in [-0.3, -0.25) is 9.78 Å². The fourth-order valence-electron chi connectivity index (χ4n) is 4.65. The number of rotatable bonds is 6. The molecule has 2 heterocycles. The second-order valence-electron chi connectivity index (χ2n) is 10.2. The van der Waals surface area contributed by atoms with Crippen LogP contribution in [0.15, 0.2) is 67.1 Å². The van der Waals surface area contributed by atoms with Gasteiger partial charge in [-0.15, -0.1) is 0 Å². The summed E-state index contributed by atoms with van der Waals surface area (Å²) in [4.78, 5) is 23.5. The summed E-state index contributed by atoms with van der Waals surface area (Å²) < 4.78 is 13.5. The number of benzene rings is 1. The molecule has 6 heteroatoms. The summed E-state index contributed by atoms with van der Waals surface area (Å²) in [5.74, 6) is 1.09. The number of hydrogen-bond acceptors (Lipinski definition) is 4. The van der Waals surface area contributed by atoms with Crippen LogP contribution in [0.25, 0.3) is 0 Å². The molecule has 5 nitrogen and oxygen atoms in total. The largest absolute Gasteiger partial charge is 0.367 e. The van der Waals surface area contributed by atoms with E-state index in [1.54, 1.807) is 47.8 Å². The van der Waals surface area contributed by atoms with Crippen LogP contribution in [0.5, 0.6) is 0 Å². The molecule has 0 spiro atoms. The first-order valence-corrected chi connectivity index (χ1v) is 12.0. The molecule has 1 aromatic carbocycles. The van der Waals surface area contributed by atoms with Crippen LogP contribution < -0.4 is 10.2 Å². The molecule has 2 aromatic heterocycles. The molecule has 1 saturated carbocycles. The molecule has 0 saturated heterocycles. The van der Waals surface area contributed by atoms with Gasteiger partial charge in [0.1, 0.15) is 11.6 Å². The Morgan fingerprint density at radius 1 is 1.03 bits per heavy atom. The van der Waals surface area contributed by atoms with Crippen LogP contribution >= 0.6 is 0 Å². The fraction of sp³-hybridized carbons (Fsp3) is 0.393. The molecule has 1 aliphatic carbocycles. The molecule has 34 heavy (non-hydrogen) atoms. The zero-order valence-corrected chi connectivity index (χ0v) is 20.2. The highest BCUT2D eigenvalue weighted by Crippen LogP contribution is 2.38. The lowest BCUT2D eigenvalue weighted by Gasteiger charge is -2.37. The molecule has 1 N–H and O–H groups in total.